The van der Waals surface area contributed by atoms with Crippen LogP contribution in [0.3, 0.4) is 0 Å². The van der Waals surface area contributed by atoms with Crippen LogP contribution >= 0.6 is 0 Å². The molecule has 0 atom stereocenters. The molecular weight excluding hydrogens is 360 g/mol. The predicted octanol–water partition coefficient (Wildman–Crippen LogP) is 3.87. The van der Waals surface area contributed by atoms with E-state index in [-0.39, 0.29) is 11.8 Å². The lowest BCUT2D eigenvalue weighted by Crippen LogP contribution is -2.48. The molecule has 4 rings (SSSR count). The molecular formula is C25H30N2O2. The molecule has 2 amide bonds. The lowest BCUT2D eigenvalue weighted by molar-refractivity contribution is -0.145. The zero-order valence-corrected chi connectivity index (χ0v) is 17.2. The predicted molar refractivity (Wildman–Crippen MR) is 114 cm³/mol. The zero-order valence-electron chi connectivity index (χ0n) is 17.2. The highest BCUT2D eigenvalue weighted by molar-refractivity contribution is 6.07. The lowest BCUT2D eigenvalue weighted by atomic mass is 9.89. The van der Waals surface area contributed by atoms with Crippen molar-refractivity contribution in [3.8, 4) is 0 Å². The van der Waals surface area contributed by atoms with Crippen LogP contribution in [-0.2, 0) is 22.6 Å². The van der Waals surface area contributed by atoms with E-state index in [9.17, 15) is 9.59 Å². The Bertz CT molecular complexity index is 865. The van der Waals surface area contributed by atoms with Gasteiger partial charge in [-0.05, 0) is 61.6 Å². The Kier molecular flexibility index (Phi) is 5.70. The molecule has 1 heterocycles. The van der Waals surface area contributed by atoms with Crippen LogP contribution in [0.25, 0.3) is 0 Å². The minimum atomic E-state index is -0.811. The number of amides is 2. The van der Waals surface area contributed by atoms with Crippen molar-refractivity contribution in [3.63, 3.8) is 0 Å². The van der Waals surface area contributed by atoms with E-state index in [0.29, 0.717) is 25.3 Å². The van der Waals surface area contributed by atoms with E-state index in [1.165, 1.54) is 5.56 Å². The maximum absolute atomic E-state index is 13.1. The van der Waals surface area contributed by atoms with Crippen molar-refractivity contribution in [1.29, 1.82) is 0 Å². The van der Waals surface area contributed by atoms with E-state index < -0.39 is 5.41 Å². The summed E-state index contributed by atoms with van der Waals surface area (Å²) < 4.78 is 0. The fourth-order valence-corrected chi connectivity index (χ4v) is 4.41. The maximum atomic E-state index is 13.1. The number of piperidine rings is 1. The van der Waals surface area contributed by atoms with E-state index in [4.69, 9.17) is 0 Å². The maximum Gasteiger partial charge on any atom is 0.238 e. The molecule has 1 aliphatic heterocycles. The first kappa shape index (κ1) is 19.7. The summed E-state index contributed by atoms with van der Waals surface area (Å²) in [5, 5.41) is 3.02. The Morgan fingerprint density at radius 2 is 1.66 bits per heavy atom. The number of rotatable bonds is 6. The van der Waals surface area contributed by atoms with Crippen LogP contribution in [0.2, 0.25) is 0 Å². The van der Waals surface area contributed by atoms with Crippen molar-refractivity contribution in [3.05, 3.63) is 71.3 Å². The van der Waals surface area contributed by atoms with Crippen LogP contribution in [0.1, 0.15) is 42.4 Å². The number of carbonyl (C=O) groups is 2. The molecule has 1 N–H and O–H groups in total. The Balaban J connectivity index is 1.30. The van der Waals surface area contributed by atoms with Crippen molar-refractivity contribution in [1.82, 2.24) is 10.2 Å². The minimum absolute atomic E-state index is 0.0398. The Morgan fingerprint density at radius 3 is 2.31 bits per heavy atom. The monoisotopic (exact) mass is 390 g/mol. The second-order valence-corrected chi connectivity index (χ2v) is 8.62. The molecule has 2 aromatic rings. The molecule has 2 aliphatic rings. The molecule has 0 bridgehead atoms. The molecule has 2 aromatic carbocycles. The second-order valence-electron chi connectivity index (χ2n) is 8.62. The molecule has 0 unspecified atom stereocenters. The van der Waals surface area contributed by atoms with Gasteiger partial charge < -0.3 is 10.2 Å². The van der Waals surface area contributed by atoms with Gasteiger partial charge >= 0.3 is 0 Å². The highest BCUT2D eigenvalue weighted by Crippen LogP contribution is 2.48. The summed E-state index contributed by atoms with van der Waals surface area (Å²) in [4.78, 5) is 27.9. The van der Waals surface area contributed by atoms with Crippen LogP contribution in [0, 0.1) is 18.3 Å². The molecule has 1 saturated carbocycles. The number of likely N-dealkylation sites (tertiary alicyclic amines) is 1. The van der Waals surface area contributed by atoms with Gasteiger partial charge in [0.05, 0.1) is 0 Å². The molecule has 2 fully saturated rings. The van der Waals surface area contributed by atoms with Crippen LogP contribution in [0.5, 0.6) is 0 Å². The van der Waals surface area contributed by atoms with E-state index in [1.54, 1.807) is 0 Å². The minimum Gasteiger partial charge on any atom is -0.351 e. The number of hydrogen-bond acceptors (Lipinski definition) is 2. The zero-order chi connectivity index (χ0) is 20.3. The standard InChI is InChI=1S/C25H30N2O2/c1-19-7-5-6-10-22(19)18-26-23(28)25(13-14-25)24(29)27-15-11-21(12-16-27)17-20-8-3-2-4-9-20/h2-10,21H,11-18H2,1H3,(H,26,28). The highest BCUT2D eigenvalue weighted by atomic mass is 16.2. The van der Waals surface area contributed by atoms with Crippen molar-refractivity contribution < 1.29 is 9.59 Å². The largest absolute Gasteiger partial charge is 0.351 e. The van der Waals surface area contributed by atoms with Gasteiger partial charge in [-0.25, -0.2) is 0 Å². The Hall–Kier alpha value is -2.62. The third-order valence-electron chi connectivity index (χ3n) is 6.56. The van der Waals surface area contributed by atoms with E-state index in [0.717, 1.165) is 43.5 Å². The number of nitrogens with one attached hydrogen (secondary N) is 1. The van der Waals surface area contributed by atoms with Gasteiger partial charge in [0.2, 0.25) is 11.8 Å². The number of carbonyl (C=O) groups excluding carboxylic acids is 2. The van der Waals surface area contributed by atoms with Crippen LogP contribution in [-0.4, -0.2) is 29.8 Å². The number of benzene rings is 2. The van der Waals surface area contributed by atoms with Crippen LogP contribution in [0.15, 0.2) is 54.6 Å². The fourth-order valence-electron chi connectivity index (χ4n) is 4.41. The summed E-state index contributed by atoms with van der Waals surface area (Å²) in [6.07, 6.45) is 4.46. The molecule has 29 heavy (non-hydrogen) atoms. The van der Waals surface area contributed by atoms with E-state index >= 15 is 0 Å². The Labute approximate surface area is 173 Å². The van der Waals surface area contributed by atoms with Gasteiger partial charge in [0, 0.05) is 19.6 Å². The smallest absolute Gasteiger partial charge is 0.238 e. The summed E-state index contributed by atoms with van der Waals surface area (Å²) in [6.45, 7) is 4.06. The van der Waals surface area contributed by atoms with Gasteiger partial charge in [-0.15, -0.1) is 0 Å². The van der Waals surface area contributed by atoms with Gasteiger partial charge in [0.25, 0.3) is 0 Å². The third-order valence-corrected chi connectivity index (χ3v) is 6.56. The van der Waals surface area contributed by atoms with Crippen molar-refractivity contribution in [2.24, 2.45) is 11.3 Å². The normalized spacial score (nSPS) is 18.3. The van der Waals surface area contributed by atoms with E-state index in [2.05, 4.69) is 29.6 Å². The topological polar surface area (TPSA) is 49.4 Å². The van der Waals surface area contributed by atoms with E-state index in [1.807, 2.05) is 42.2 Å². The van der Waals surface area contributed by atoms with Crippen LogP contribution < -0.4 is 5.32 Å². The molecule has 4 heteroatoms. The number of hydrogen-bond donors (Lipinski definition) is 1. The average Bonchev–Trinajstić information content (AvgIpc) is 3.56. The summed E-state index contributed by atoms with van der Waals surface area (Å²) in [7, 11) is 0. The molecule has 0 spiro atoms. The molecule has 152 valence electrons. The highest BCUT2D eigenvalue weighted by Gasteiger charge is 2.58. The summed E-state index contributed by atoms with van der Waals surface area (Å²) in [5.41, 5.74) is 2.82. The lowest BCUT2D eigenvalue weighted by Gasteiger charge is -2.34. The average molecular weight is 391 g/mol. The van der Waals surface area contributed by atoms with Gasteiger partial charge in [-0.1, -0.05) is 54.6 Å². The number of nitrogens with zero attached hydrogens (tertiary/aromatic N) is 1. The molecule has 1 saturated heterocycles. The van der Waals surface area contributed by atoms with Gasteiger partial charge in [0.1, 0.15) is 5.41 Å². The van der Waals surface area contributed by atoms with Gasteiger partial charge in [0.15, 0.2) is 0 Å². The number of aryl methyl sites for hydroxylation is 1. The molecule has 4 nitrogen and oxygen atoms in total. The Morgan fingerprint density at radius 1 is 1.00 bits per heavy atom. The molecule has 0 aromatic heterocycles. The van der Waals surface area contributed by atoms with Crippen molar-refractivity contribution in [2.75, 3.05) is 13.1 Å². The summed E-state index contributed by atoms with van der Waals surface area (Å²) in [5.74, 6) is 0.557. The van der Waals surface area contributed by atoms with Gasteiger partial charge in [-0.3, -0.25) is 9.59 Å². The fraction of sp³-hybridized carbons (Fsp3) is 0.440. The van der Waals surface area contributed by atoms with Crippen molar-refractivity contribution in [2.45, 2.75) is 45.6 Å². The first-order valence-corrected chi connectivity index (χ1v) is 10.7. The third kappa shape index (κ3) is 4.36. The molecule has 1 aliphatic carbocycles. The van der Waals surface area contributed by atoms with Crippen molar-refractivity contribution >= 4 is 11.8 Å². The SMILES string of the molecule is Cc1ccccc1CNC(=O)C1(C(=O)N2CCC(Cc3ccccc3)CC2)CC1. The summed E-state index contributed by atoms with van der Waals surface area (Å²) >= 11 is 0. The van der Waals surface area contributed by atoms with Gasteiger partial charge in [-0.2, -0.15) is 0 Å². The van der Waals surface area contributed by atoms with Crippen LogP contribution in [0.4, 0.5) is 0 Å². The quantitative estimate of drug-likeness (QED) is 0.761. The molecule has 0 radical (unpaired) electrons. The first-order chi connectivity index (χ1) is 14.1. The second kappa shape index (κ2) is 8.40. The first-order valence-electron chi connectivity index (χ1n) is 10.7. The summed E-state index contributed by atoms with van der Waals surface area (Å²) in [6, 6.07) is 18.6.